The quantitative estimate of drug-likeness (QED) is 0.927. The van der Waals surface area contributed by atoms with Gasteiger partial charge in [-0.15, -0.1) is 0 Å². The molecule has 0 aromatic heterocycles. The van der Waals surface area contributed by atoms with E-state index in [0.29, 0.717) is 23.2 Å². The first kappa shape index (κ1) is 15.1. The minimum absolute atomic E-state index is 0.00213. The van der Waals surface area contributed by atoms with Crippen molar-refractivity contribution in [2.45, 2.75) is 25.8 Å². The van der Waals surface area contributed by atoms with Gasteiger partial charge < -0.3 is 15.4 Å². The van der Waals surface area contributed by atoms with Crippen molar-refractivity contribution >= 4 is 17.5 Å². The molecule has 0 aliphatic carbocycles. The smallest absolute Gasteiger partial charge is 0.260 e. The zero-order valence-electron chi connectivity index (χ0n) is 11.7. The van der Waals surface area contributed by atoms with E-state index in [0.717, 1.165) is 19.4 Å². The van der Waals surface area contributed by atoms with Crippen LogP contribution >= 0.6 is 11.6 Å². The highest BCUT2D eigenvalue weighted by Crippen LogP contribution is 2.22. The van der Waals surface area contributed by atoms with E-state index in [2.05, 4.69) is 6.92 Å². The number of nitrogens with zero attached hydrogens (tertiary/aromatic N) is 1. The molecule has 1 saturated heterocycles. The molecule has 4 nitrogen and oxygen atoms in total. The normalized spacial score (nSPS) is 22.6. The second kappa shape index (κ2) is 6.95. The summed E-state index contributed by atoms with van der Waals surface area (Å²) in [4.78, 5) is 14.1. The molecule has 2 rings (SSSR count). The molecule has 0 saturated carbocycles. The molecule has 1 amide bonds. The number of nitrogens with two attached hydrogens (primary N) is 1. The van der Waals surface area contributed by atoms with Crippen molar-refractivity contribution in [3.8, 4) is 5.75 Å². The van der Waals surface area contributed by atoms with Crippen LogP contribution in [-0.4, -0.2) is 36.5 Å². The summed E-state index contributed by atoms with van der Waals surface area (Å²) in [6.07, 6.45) is 2.01. The van der Waals surface area contributed by atoms with Crippen LogP contribution < -0.4 is 10.5 Å². The number of carbonyl (C=O) groups excluding carboxylic acids is 1. The summed E-state index contributed by atoms with van der Waals surface area (Å²) in [5.74, 6) is 1.28. The lowest BCUT2D eigenvalue weighted by atomic mass is 9.92. The topological polar surface area (TPSA) is 55.6 Å². The summed E-state index contributed by atoms with van der Waals surface area (Å²) in [5, 5.41) is 0.650. The van der Waals surface area contributed by atoms with Gasteiger partial charge in [-0.3, -0.25) is 4.79 Å². The van der Waals surface area contributed by atoms with Crippen molar-refractivity contribution in [1.82, 2.24) is 4.90 Å². The summed E-state index contributed by atoms with van der Waals surface area (Å²) in [6, 6.07) is 7.14. The molecule has 1 aliphatic heterocycles. The lowest BCUT2D eigenvalue weighted by Crippen LogP contribution is -2.50. The van der Waals surface area contributed by atoms with E-state index in [9.17, 15) is 4.79 Å². The van der Waals surface area contributed by atoms with Gasteiger partial charge >= 0.3 is 0 Å². The van der Waals surface area contributed by atoms with E-state index in [4.69, 9.17) is 22.1 Å². The highest BCUT2D eigenvalue weighted by atomic mass is 35.5. The molecule has 1 aliphatic rings. The molecule has 1 aromatic carbocycles. The first-order chi connectivity index (χ1) is 9.60. The molecule has 2 N–H and O–H groups in total. The van der Waals surface area contributed by atoms with Crippen LogP contribution in [0.15, 0.2) is 24.3 Å². The number of amides is 1. The van der Waals surface area contributed by atoms with Crippen LogP contribution in [0.25, 0.3) is 0 Å². The van der Waals surface area contributed by atoms with Crippen LogP contribution in [0.4, 0.5) is 0 Å². The van der Waals surface area contributed by atoms with Crippen LogP contribution in [0.5, 0.6) is 5.75 Å². The average molecular weight is 297 g/mol. The predicted molar refractivity (Wildman–Crippen MR) is 79.9 cm³/mol. The lowest BCUT2D eigenvalue weighted by Gasteiger charge is -2.37. The molecule has 1 heterocycles. The molecule has 1 fully saturated rings. The average Bonchev–Trinajstić information content (AvgIpc) is 2.46. The second-order valence-corrected chi connectivity index (χ2v) is 5.79. The van der Waals surface area contributed by atoms with Gasteiger partial charge in [-0.05, 0) is 43.0 Å². The summed E-state index contributed by atoms with van der Waals surface area (Å²) < 4.78 is 5.51. The summed E-state index contributed by atoms with van der Waals surface area (Å²) in [6.45, 7) is 3.53. The van der Waals surface area contributed by atoms with Gasteiger partial charge in [-0.2, -0.15) is 0 Å². The molecule has 110 valence electrons. The van der Waals surface area contributed by atoms with Crippen molar-refractivity contribution in [2.75, 3.05) is 19.7 Å². The zero-order valence-corrected chi connectivity index (χ0v) is 12.5. The monoisotopic (exact) mass is 296 g/mol. The van der Waals surface area contributed by atoms with Gasteiger partial charge in [0, 0.05) is 24.2 Å². The van der Waals surface area contributed by atoms with E-state index in [1.165, 1.54) is 0 Å². The van der Waals surface area contributed by atoms with Crippen molar-refractivity contribution in [2.24, 2.45) is 11.7 Å². The molecule has 0 spiro atoms. The SMILES string of the molecule is CC1CCN(C(=O)COc2ccc(Cl)cc2)C(CN)C1. The van der Waals surface area contributed by atoms with Crippen LogP contribution in [0.1, 0.15) is 19.8 Å². The Morgan fingerprint density at radius 3 is 2.80 bits per heavy atom. The third kappa shape index (κ3) is 3.87. The lowest BCUT2D eigenvalue weighted by molar-refractivity contribution is -0.137. The maximum absolute atomic E-state index is 12.2. The third-order valence-electron chi connectivity index (χ3n) is 3.75. The number of hydrogen-bond donors (Lipinski definition) is 1. The Balaban J connectivity index is 1.89. The van der Waals surface area contributed by atoms with E-state index >= 15 is 0 Å². The van der Waals surface area contributed by atoms with Gasteiger partial charge in [-0.25, -0.2) is 0 Å². The number of halogens is 1. The standard InChI is InChI=1S/C15H21ClN2O2/c1-11-6-7-18(13(8-11)9-17)15(19)10-20-14-4-2-12(16)3-5-14/h2-5,11,13H,6-10,17H2,1H3. The third-order valence-corrected chi connectivity index (χ3v) is 4.00. The highest BCUT2D eigenvalue weighted by molar-refractivity contribution is 6.30. The fourth-order valence-corrected chi connectivity index (χ4v) is 2.69. The Morgan fingerprint density at radius 1 is 1.45 bits per heavy atom. The summed E-state index contributed by atoms with van der Waals surface area (Å²) in [7, 11) is 0. The van der Waals surface area contributed by atoms with Crippen molar-refractivity contribution in [3.63, 3.8) is 0 Å². The van der Waals surface area contributed by atoms with Gasteiger partial charge in [0.1, 0.15) is 5.75 Å². The van der Waals surface area contributed by atoms with Crippen molar-refractivity contribution in [1.29, 1.82) is 0 Å². The molecule has 0 bridgehead atoms. The Labute approximate surface area is 124 Å². The van der Waals surface area contributed by atoms with E-state index < -0.39 is 0 Å². The Bertz CT molecular complexity index is 450. The number of likely N-dealkylation sites (tertiary alicyclic amines) is 1. The van der Waals surface area contributed by atoms with E-state index in [-0.39, 0.29) is 18.6 Å². The van der Waals surface area contributed by atoms with Gasteiger partial charge in [0.2, 0.25) is 0 Å². The number of ether oxygens (including phenoxy) is 1. The Morgan fingerprint density at radius 2 is 2.15 bits per heavy atom. The number of benzene rings is 1. The molecule has 5 heteroatoms. The minimum Gasteiger partial charge on any atom is -0.484 e. The Hall–Kier alpha value is -1.26. The maximum Gasteiger partial charge on any atom is 0.260 e. The number of hydrogen-bond acceptors (Lipinski definition) is 3. The van der Waals surface area contributed by atoms with Crippen LogP contribution in [0.3, 0.4) is 0 Å². The first-order valence-electron chi connectivity index (χ1n) is 6.98. The highest BCUT2D eigenvalue weighted by Gasteiger charge is 2.28. The van der Waals surface area contributed by atoms with Crippen LogP contribution in [0.2, 0.25) is 5.02 Å². The van der Waals surface area contributed by atoms with Gasteiger partial charge in [0.05, 0.1) is 0 Å². The molecule has 0 radical (unpaired) electrons. The summed E-state index contributed by atoms with van der Waals surface area (Å²) >= 11 is 5.80. The van der Waals surface area contributed by atoms with Gasteiger partial charge in [-0.1, -0.05) is 18.5 Å². The largest absolute Gasteiger partial charge is 0.484 e. The van der Waals surface area contributed by atoms with Gasteiger partial charge in [0.25, 0.3) is 5.91 Å². The molecule has 1 aromatic rings. The zero-order chi connectivity index (χ0) is 14.5. The van der Waals surface area contributed by atoms with Crippen molar-refractivity contribution < 1.29 is 9.53 Å². The van der Waals surface area contributed by atoms with E-state index in [1.54, 1.807) is 24.3 Å². The van der Waals surface area contributed by atoms with Gasteiger partial charge in [0.15, 0.2) is 6.61 Å². The number of piperidine rings is 1. The fourth-order valence-electron chi connectivity index (χ4n) is 2.56. The number of carbonyl (C=O) groups is 1. The second-order valence-electron chi connectivity index (χ2n) is 5.35. The molecule has 20 heavy (non-hydrogen) atoms. The maximum atomic E-state index is 12.2. The molecule has 2 atom stereocenters. The summed E-state index contributed by atoms with van der Waals surface area (Å²) in [5.41, 5.74) is 5.77. The minimum atomic E-state index is 0.00213. The molecular formula is C15H21ClN2O2. The predicted octanol–water partition coefficient (Wildman–Crippen LogP) is 2.30. The fraction of sp³-hybridized carbons (Fsp3) is 0.533. The van der Waals surface area contributed by atoms with Crippen LogP contribution in [-0.2, 0) is 4.79 Å². The van der Waals surface area contributed by atoms with Crippen molar-refractivity contribution in [3.05, 3.63) is 29.3 Å². The van der Waals surface area contributed by atoms with E-state index in [1.807, 2.05) is 4.90 Å². The molecular weight excluding hydrogens is 276 g/mol. The molecule has 2 unspecified atom stereocenters. The number of rotatable bonds is 4. The first-order valence-corrected chi connectivity index (χ1v) is 7.36. The Kier molecular flexibility index (Phi) is 5.26. The van der Waals surface area contributed by atoms with Crippen LogP contribution in [0, 0.1) is 5.92 Å².